The number of allylic oxidation sites excluding steroid dienone is 1. The summed E-state index contributed by atoms with van der Waals surface area (Å²) in [5, 5.41) is 0. The van der Waals surface area contributed by atoms with E-state index in [1.54, 1.807) is 0 Å². The first-order valence-corrected chi connectivity index (χ1v) is 11.2. The van der Waals surface area contributed by atoms with Crippen molar-refractivity contribution in [2.45, 2.75) is 63.7 Å². The molecule has 2 saturated heterocycles. The van der Waals surface area contributed by atoms with E-state index in [0.717, 1.165) is 11.8 Å². The molecular formula is C20H28O7S. The summed E-state index contributed by atoms with van der Waals surface area (Å²) in [6, 6.07) is 9.93. The monoisotopic (exact) mass is 412 g/mol. The molecule has 28 heavy (non-hydrogen) atoms. The summed E-state index contributed by atoms with van der Waals surface area (Å²) in [6.07, 6.45) is 4.81. The van der Waals surface area contributed by atoms with Crippen molar-refractivity contribution in [1.82, 2.24) is 0 Å². The predicted molar refractivity (Wildman–Crippen MR) is 103 cm³/mol. The molecule has 0 N–H and O–H groups in total. The molecule has 1 aromatic rings. The van der Waals surface area contributed by atoms with Crippen molar-refractivity contribution in [2.75, 3.05) is 12.9 Å². The van der Waals surface area contributed by atoms with Crippen LogP contribution in [-0.4, -0.2) is 51.7 Å². The zero-order valence-electron chi connectivity index (χ0n) is 16.4. The SMILES string of the molecule is CC1(C)O[C@H]2O[C@H](/C=C/CCCOS(C)(=O)=O)[C@H](OCc3ccccc3)[C@H]2O1. The fraction of sp³-hybridized carbons (Fsp3) is 0.600. The molecule has 0 spiro atoms. The summed E-state index contributed by atoms with van der Waals surface area (Å²) >= 11 is 0. The fourth-order valence-electron chi connectivity index (χ4n) is 3.26. The molecule has 4 atom stereocenters. The number of fused-ring (bicyclic) bond motifs is 1. The van der Waals surface area contributed by atoms with Gasteiger partial charge in [0.25, 0.3) is 10.1 Å². The quantitative estimate of drug-likeness (QED) is 0.350. The third-order valence-corrected chi connectivity index (χ3v) is 5.05. The maximum atomic E-state index is 11.0. The number of ether oxygens (including phenoxy) is 4. The van der Waals surface area contributed by atoms with Crippen LogP contribution < -0.4 is 0 Å². The van der Waals surface area contributed by atoms with Crippen LogP contribution in [0.3, 0.4) is 0 Å². The Bertz CT molecular complexity index is 760. The molecule has 0 radical (unpaired) electrons. The van der Waals surface area contributed by atoms with Gasteiger partial charge in [-0.15, -0.1) is 0 Å². The van der Waals surface area contributed by atoms with Crippen LogP contribution in [0.25, 0.3) is 0 Å². The van der Waals surface area contributed by atoms with Crippen LogP contribution in [0, 0.1) is 0 Å². The third kappa shape index (κ3) is 6.10. The van der Waals surface area contributed by atoms with Crippen molar-refractivity contribution in [1.29, 1.82) is 0 Å². The largest absolute Gasteiger partial charge is 0.368 e. The van der Waals surface area contributed by atoms with Gasteiger partial charge in [-0.05, 0) is 32.3 Å². The minimum Gasteiger partial charge on any atom is -0.368 e. The maximum Gasteiger partial charge on any atom is 0.264 e. The Morgan fingerprint density at radius 3 is 2.64 bits per heavy atom. The van der Waals surface area contributed by atoms with Gasteiger partial charge in [0.15, 0.2) is 12.1 Å². The first-order valence-electron chi connectivity index (χ1n) is 9.41. The molecule has 7 nitrogen and oxygen atoms in total. The summed E-state index contributed by atoms with van der Waals surface area (Å²) in [5.74, 6) is -0.707. The lowest BCUT2D eigenvalue weighted by Gasteiger charge is -2.24. The predicted octanol–water partition coefficient (Wildman–Crippen LogP) is 2.76. The van der Waals surface area contributed by atoms with Crippen LogP contribution in [0.4, 0.5) is 0 Å². The summed E-state index contributed by atoms with van der Waals surface area (Å²) in [4.78, 5) is 0. The smallest absolute Gasteiger partial charge is 0.264 e. The highest BCUT2D eigenvalue weighted by molar-refractivity contribution is 7.85. The maximum absolute atomic E-state index is 11.0. The molecule has 2 heterocycles. The van der Waals surface area contributed by atoms with Crippen LogP contribution in [0.1, 0.15) is 32.3 Å². The Labute approximate surface area is 166 Å². The van der Waals surface area contributed by atoms with Gasteiger partial charge in [-0.1, -0.05) is 42.5 Å². The van der Waals surface area contributed by atoms with Crippen LogP contribution in [0.15, 0.2) is 42.5 Å². The van der Waals surface area contributed by atoms with Crippen molar-refractivity contribution in [3.05, 3.63) is 48.0 Å². The Kier molecular flexibility index (Phi) is 6.90. The molecule has 0 bridgehead atoms. The average Bonchev–Trinajstić information content (AvgIpc) is 3.07. The van der Waals surface area contributed by atoms with Gasteiger partial charge in [-0.25, -0.2) is 0 Å². The van der Waals surface area contributed by atoms with E-state index in [0.29, 0.717) is 19.4 Å². The minimum atomic E-state index is -3.39. The van der Waals surface area contributed by atoms with E-state index in [4.69, 9.17) is 23.1 Å². The third-order valence-electron chi connectivity index (χ3n) is 4.45. The van der Waals surface area contributed by atoms with Gasteiger partial charge in [0.1, 0.15) is 18.3 Å². The molecular weight excluding hydrogens is 384 g/mol. The van der Waals surface area contributed by atoms with Gasteiger partial charge in [-0.2, -0.15) is 8.42 Å². The van der Waals surface area contributed by atoms with E-state index in [-0.39, 0.29) is 24.9 Å². The van der Waals surface area contributed by atoms with Gasteiger partial charge in [-0.3, -0.25) is 4.18 Å². The van der Waals surface area contributed by atoms with Gasteiger partial charge in [0.05, 0.1) is 19.5 Å². The first-order chi connectivity index (χ1) is 13.2. The van der Waals surface area contributed by atoms with E-state index < -0.39 is 22.2 Å². The molecule has 2 aliphatic heterocycles. The number of unbranched alkanes of at least 4 members (excludes halogenated alkanes) is 1. The van der Waals surface area contributed by atoms with E-state index in [2.05, 4.69) is 0 Å². The van der Waals surface area contributed by atoms with E-state index in [9.17, 15) is 8.42 Å². The molecule has 1 aromatic carbocycles. The van der Waals surface area contributed by atoms with Crippen LogP contribution >= 0.6 is 0 Å². The summed E-state index contributed by atoms with van der Waals surface area (Å²) in [7, 11) is -3.39. The van der Waals surface area contributed by atoms with E-state index >= 15 is 0 Å². The standard InChI is InChI=1S/C20H28O7S/c1-20(2)26-18-17(23-14-15-10-6-4-7-11-15)16(25-19(18)27-20)12-8-5-9-13-24-28(3,21)22/h4,6-8,10-12,16-19H,5,9,13-14H2,1-3H3/b12-8+/t16-,17+,18-,19-/m1/s1. The summed E-state index contributed by atoms with van der Waals surface area (Å²) in [5.41, 5.74) is 1.07. The van der Waals surface area contributed by atoms with Crippen molar-refractivity contribution in [3.8, 4) is 0 Å². The van der Waals surface area contributed by atoms with Gasteiger partial charge < -0.3 is 18.9 Å². The Balaban J connectivity index is 1.56. The summed E-state index contributed by atoms with van der Waals surface area (Å²) < 4.78 is 50.6. The van der Waals surface area contributed by atoms with E-state index in [1.807, 2.05) is 56.3 Å². The molecule has 0 aliphatic carbocycles. The van der Waals surface area contributed by atoms with Crippen LogP contribution in [0.5, 0.6) is 0 Å². The van der Waals surface area contributed by atoms with Gasteiger partial charge >= 0.3 is 0 Å². The second-order valence-corrected chi connectivity index (χ2v) is 9.07. The second kappa shape index (κ2) is 9.02. The minimum absolute atomic E-state index is 0.161. The molecule has 0 saturated carbocycles. The molecule has 3 rings (SSSR count). The fourth-order valence-corrected chi connectivity index (χ4v) is 3.68. The molecule has 2 fully saturated rings. The highest BCUT2D eigenvalue weighted by Crippen LogP contribution is 2.39. The summed E-state index contributed by atoms with van der Waals surface area (Å²) in [6.45, 7) is 4.33. The first kappa shape index (κ1) is 21.4. The zero-order chi connectivity index (χ0) is 20.2. The van der Waals surface area contributed by atoms with Crippen LogP contribution in [-0.2, 0) is 39.9 Å². The lowest BCUT2D eigenvalue weighted by Crippen LogP contribution is -2.36. The number of benzene rings is 1. The Hall–Kier alpha value is -1.29. The van der Waals surface area contributed by atoms with Gasteiger partial charge in [0, 0.05) is 0 Å². The van der Waals surface area contributed by atoms with E-state index in [1.165, 1.54) is 0 Å². The molecule has 0 aromatic heterocycles. The lowest BCUT2D eigenvalue weighted by atomic mass is 10.1. The lowest BCUT2D eigenvalue weighted by molar-refractivity contribution is -0.213. The van der Waals surface area contributed by atoms with Crippen molar-refractivity contribution < 1.29 is 31.5 Å². The molecule has 156 valence electrons. The number of hydrogen-bond donors (Lipinski definition) is 0. The molecule has 0 amide bonds. The molecule has 0 unspecified atom stereocenters. The average molecular weight is 413 g/mol. The highest BCUT2D eigenvalue weighted by atomic mass is 32.2. The van der Waals surface area contributed by atoms with Crippen molar-refractivity contribution in [3.63, 3.8) is 0 Å². The number of hydrogen-bond acceptors (Lipinski definition) is 7. The topological polar surface area (TPSA) is 80.3 Å². The number of rotatable bonds is 9. The van der Waals surface area contributed by atoms with Crippen LogP contribution in [0.2, 0.25) is 0 Å². The van der Waals surface area contributed by atoms with Gasteiger partial charge in [0.2, 0.25) is 0 Å². The zero-order valence-corrected chi connectivity index (χ0v) is 17.3. The Morgan fingerprint density at radius 2 is 1.93 bits per heavy atom. The molecule has 2 aliphatic rings. The molecule has 8 heteroatoms. The van der Waals surface area contributed by atoms with Crippen molar-refractivity contribution in [2.24, 2.45) is 0 Å². The highest BCUT2D eigenvalue weighted by Gasteiger charge is 2.54. The Morgan fingerprint density at radius 1 is 1.18 bits per heavy atom. The normalized spacial score (nSPS) is 29.4. The second-order valence-electron chi connectivity index (χ2n) is 7.43. The van der Waals surface area contributed by atoms with Crippen molar-refractivity contribution >= 4 is 10.1 Å².